The van der Waals surface area contributed by atoms with Crippen LogP contribution in [-0.4, -0.2) is 11.1 Å². The normalized spacial score (nSPS) is 16.5. The minimum Gasteiger partial charge on any atom is -0.449 e. The number of furan rings is 1. The van der Waals surface area contributed by atoms with E-state index in [9.17, 15) is 4.79 Å². The predicted octanol–water partition coefficient (Wildman–Crippen LogP) is 7.36. The highest BCUT2D eigenvalue weighted by atomic mass is 79.9. The van der Waals surface area contributed by atoms with Crippen molar-refractivity contribution in [1.82, 2.24) is 5.32 Å². The first-order valence-corrected chi connectivity index (χ1v) is 11.8. The van der Waals surface area contributed by atoms with Crippen molar-refractivity contribution in [3.05, 3.63) is 79.8 Å². The average Bonchev–Trinajstić information content (AvgIpc) is 3.21. The SMILES string of the molecule is Cc1ccc(N=C2NC(=O)/C(=C/c3cc(Br)c(Sc4ccc(Cl)cc4)o3)S2)c(C)c1. The maximum atomic E-state index is 12.4. The molecule has 0 radical (unpaired) electrons. The van der Waals surface area contributed by atoms with E-state index < -0.39 is 0 Å². The van der Waals surface area contributed by atoms with Gasteiger partial charge in [0.2, 0.25) is 0 Å². The van der Waals surface area contributed by atoms with Crippen molar-refractivity contribution in [3.63, 3.8) is 0 Å². The number of aliphatic imine (C=N–C) groups is 1. The van der Waals surface area contributed by atoms with Crippen LogP contribution < -0.4 is 5.32 Å². The molecular formula is C22H16BrClN2O2S2. The van der Waals surface area contributed by atoms with Gasteiger partial charge in [0.15, 0.2) is 10.3 Å². The van der Waals surface area contributed by atoms with Gasteiger partial charge in [0, 0.05) is 16.0 Å². The summed E-state index contributed by atoms with van der Waals surface area (Å²) in [7, 11) is 0. The van der Waals surface area contributed by atoms with E-state index in [2.05, 4.69) is 32.3 Å². The minimum atomic E-state index is -0.192. The molecule has 0 saturated carbocycles. The van der Waals surface area contributed by atoms with Gasteiger partial charge in [-0.2, -0.15) is 0 Å². The van der Waals surface area contributed by atoms with Crippen LogP contribution in [-0.2, 0) is 4.79 Å². The lowest BCUT2D eigenvalue weighted by molar-refractivity contribution is -0.115. The molecule has 1 aliphatic rings. The molecule has 0 bridgehead atoms. The fourth-order valence-electron chi connectivity index (χ4n) is 2.77. The van der Waals surface area contributed by atoms with E-state index in [-0.39, 0.29) is 5.91 Å². The van der Waals surface area contributed by atoms with Crippen molar-refractivity contribution >= 4 is 73.9 Å². The van der Waals surface area contributed by atoms with Crippen LogP contribution in [0.25, 0.3) is 6.08 Å². The Hall–Kier alpha value is -1.93. The van der Waals surface area contributed by atoms with Gasteiger partial charge in [-0.15, -0.1) is 0 Å². The van der Waals surface area contributed by atoms with Crippen molar-refractivity contribution in [2.45, 2.75) is 23.8 Å². The maximum Gasteiger partial charge on any atom is 0.264 e. The number of carbonyl (C=O) groups excluding carboxylic acids is 1. The van der Waals surface area contributed by atoms with Crippen molar-refractivity contribution in [1.29, 1.82) is 0 Å². The summed E-state index contributed by atoms with van der Waals surface area (Å²) in [5, 5.41) is 4.76. The van der Waals surface area contributed by atoms with Crippen molar-refractivity contribution < 1.29 is 9.21 Å². The third-order valence-electron chi connectivity index (χ3n) is 4.20. The topological polar surface area (TPSA) is 54.6 Å². The second kappa shape index (κ2) is 9.06. The molecule has 1 amide bonds. The quantitative estimate of drug-likeness (QED) is 0.366. The molecule has 2 heterocycles. The summed E-state index contributed by atoms with van der Waals surface area (Å²) in [5.41, 5.74) is 3.08. The third kappa shape index (κ3) is 5.03. The molecule has 1 aromatic heterocycles. The van der Waals surface area contributed by atoms with Gasteiger partial charge in [-0.1, -0.05) is 41.1 Å². The van der Waals surface area contributed by atoms with Crippen LogP contribution in [0.2, 0.25) is 5.02 Å². The van der Waals surface area contributed by atoms with Gasteiger partial charge in [-0.3, -0.25) is 4.79 Å². The zero-order valence-electron chi connectivity index (χ0n) is 16.0. The van der Waals surface area contributed by atoms with Gasteiger partial charge < -0.3 is 9.73 Å². The number of hydrogen-bond donors (Lipinski definition) is 1. The number of hydrogen-bond acceptors (Lipinski definition) is 5. The predicted molar refractivity (Wildman–Crippen MR) is 129 cm³/mol. The standard InChI is InChI=1S/C22H16BrClN2O2S2/c1-12-3-8-18(13(2)9-12)25-22-26-20(27)19(30-22)11-15-10-17(23)21(28-15)29-16-6-4-14(24)5-7-16/h3-11H,1-2H3,(H,25,26,27)/b19-11-. The molecular weight excluding hydrogens is 504 g/mol. The van der Waals surface area contributed by atoms with Gasteiger partial charge in [0.25, 0.3) is 5.91 Å². The Morgan fingerprint density at radius 1 is 1.17 bits per heavy atom. The Balaban J connectivity index is 1.53. The van der Waals surface area contributed by atoms with Crippen molar-refractivity contribution in [2.24, 2.45) is 4.99 Å². The smallest absolute Gasteiger partial charge is 0.264 e. The Bertz CT molecular complexity index is 1190. The Labute approximate surface area is 196 Å². The summed E-state index contributed by atoms with van der Waals surface area (Å²) in [6.45, 7) is 4.04. The van der Waals surface area contributed by atoms with Crippen LogP contribution in [0.5, 0.6) is 0 Å². The number of nitrogens with one attached hydrogen (secondary N) is 1. The molecule has 2 aromatic carbocycles. The lowest BCUT2D eigenvalue weighted by atomic mass is 10.1. The fraction of sp³-hybridized carbons (Fsp3) is 0.0909. The van der Waals surface area contributed by atoms with Crippen LogP contribution >= 0.6 is 51.1 Å². The highest BCUT2D eigenvalue weighted by Crippen LogP contribution is 2.38. The van der Waals surface area contributed by atoms with Crippen LogP contribution in [0, 0.1) is 13.8 Å². The van der Waals surface area contributed by atoms with E-state index in [1.54, 1.807) is 6.08 Å². The first kappa shape index (κ1) is 21.3. The molecule has 1 aliphatic heterocycles. The average molecular weight is 520 g/mol. The molecule has 152 valence electrons. The molecule has 0 atom stereocenters. The van der Waals surface area contributed by atoms with E-state index in [0.29, 0.717) is 25.9 Å². The molecule has 1 N–H and O–H groups in total. The molecule has 3 aromatic rings. The first-order valence-electron chi connectivity index (χ1n) is 8.97. The largest absolute Gasteiger partial charge is 0.449 e. The molecule has 4 rings (SSSR count). The van der Waals surface area contributed by atoms with Crippen molar-refractivity contribution in [3.8, 4) is 0 Å². The lowest BCUT2D eigenvalue weighted by Gasteiger charge is -2.02. The Morgan fingerprint density at radius 3 is 2.67 bits per heavy atom. The minimum absolute atomic E-state index is 0.192. The molecule has 0 unspecified atom stereocenters. The van der Waals surface area contributed by atoms with Gasteiger partial charge in [-0.05, 0) is 83.5 Å². The van der Waals surface area contributed by atoms with Gasteiger partial charge >= 0.3 is 0 Å². The Morgan fingerprint density at radius 2 is 1.93 bits per heavy atom. The number of thioether (sulfide) groups is 1. The third-order valence-corrected chi connectivity index (χ3v) is 7.21. The molecule has 1 saturated heterocycles. The number of aryl methyl sites for hydroxylation is 2. The van der Waals surface area contributed by atoms with E-state index in [1.165, 1.54) is 29.1 Å². The first-order chi connectivity index (χ1) is 14.4. The number of carbonyl (C=O) groups is 1. The summed E-state index contributed by atoms with van der Waals surface area (Å²) in [6, 6.07) is 15.4. The van der Waals surface area contributed by atoms with Crippen molar-refractivity contribution in [2.75, 3.05) is 0 Å². The number of benzene rings is 2. The van der Waals surface area contributed by atoms with Gasteiger partial charge in [0.05, 0.1) is 15.1 Å². The summed E-state index contributed by atoms with van der Waals surface area (Å²) in [6.07, 6.45) is 1.72. The van der Waals surface area contributed by atoms with Gasteiger partial charge in [0.1, 0.15) is 5.76 Å². The van der Waals surface area contributed by atoms with E-state index in [1.807, 2.05) is 56.3 Å². The van der Waals surface area contributed by atoms with Crippen LogP contribution in [0.15, 0.2) is 77.3 Å². The second-order valence-electron chi connectivity index (χ2n) is 6.61. The van der Waals surface area contributed by atoms with Gasteiger partial charge in [-0.25, -0.2) is 4.99 Å². The highest BCUT2D eigenvalue weighted by Gasteiger charge is 2.25. The summed E-state index contributed by atoms with van der Waals surface area (Å²) in [5.74, 6) is 0.395. The second-order valence-corrected chi connectivity index (χ2v) is 9.98. The number of halogens is 2. The molecule has 0 spiro atoms. The van der Waals surface area contributed by atoms with E-state index in [0.717, 1.165) is 20.6 Å². The molecule has 30 heavy (non-hydrogen) atoms. The number of rotatable bonds is 4. The summed E-state index contributed by atoms with van der Waals surface area (Å²) < 4.78 is 6.74. The lowest BCUT2D eigenvalue weighted by Crippen LogP contribution is -2.19. The number of amides is 1. The molecule has 0 aliphatic carbocycles. The Kier molecular flexibility index (Phi) is 6.43. The maximum absolute atomic E-state index is 12.4. The summed E-state index contributed by atoms with van der Waals surface area (Å²) in [4.78, 5) is 18.5. The van der Waals surface area contributed by atoms with Crippen LogP contribution in [0.3, 0.4) is 0 Å². The van der Waals surface area contributed by atoms with Crippen LogP contribution in [0.4, 0.5) is 5.69 Å². The van der Waals surface area contributed by atoms with E-state index in [4.69, 9.17) is 16.0 Å². The fourth-order valence-corrected chi connectivity index (χ4v) is 5.04. The zero-order valence-corrected chi connectivity index (χ0v) is 20.0. The molecule has 1 fully saturated rings. The molecule has 8 heteroatoms. The number of nitrogens with zero attached hydrogens (tertiary/aromatic N) is 1. The van der Waals surface area contributed by atoms with E-state index >= 15 is 0 Å². The number of amidine groups is 1. The highest BCUT2D eigenvalue weighted by molar-refractivity contribution is 9.10. The zero-order chi connectivity index (χ0) is 21.3. The summed E-state index contributed by atoms with van der Waals surface area (Å²) >= 11 is 12.2. The molecule has 4 nitrogen and oxygen atoms in total. The monoisotopic (exact) mass is 518 g/mol. The van der Waals surface area contributed by atoms with Crippen LogP contribution in [0.1, 0.15) is 16.9 Å².